The van der Waals surface area contributed by atoms with Crippen molar-refractivity contribution in [2.45, 2.75) is 19.3 Å². The number of aromatic amines is 1. The highest BCUT2D eigenvalue weighted by Crippen LogP contribution is 2.30. The molecule has 4 aromatic rings. The number of anilines is 4. The lowest BCUT2D eigenvalue weighted by Crippen LogP contribution is -2.09. The van der Waals surface area contributed by atoms with E-state index in [1.165, 1.54) is 0 Å². The summed E-state index contributed by atoms with van der Waals surface area (Å²) in [4.78, 5) is 21.2. The number of benzene rings is 2. The smallest absolute Gasteiger partial charge is 0.229 e. The molecule has 0 spiro atoms. The van der Waals surface area contributed by atoms with Crippen molar-refractivity contribution in [1.82, 2.24) is 20.2 Å². The van der Waals surface area contributed by atoms with Gasteiger partial charge in [0, 0.05) is 29.0 Å². The molecule has 5 rings (SSSR count). The summed E-state index contributed by atoms with van der Waals surface area (Å²) in [5, 5.41) is 13.2. The van der Waals surface area contributed by atoms with E-state index in [9.17, 15) is 13.2 Å². The number of amides is 1. The van der Waals surface area contributed by atoms with Crippen LogP contribution in [0.1, 0.15) is 18.4 Å². The zero-order valence-corrected chi connectivity index (χ0v) is 18.5. The number of aryl methyl sites for hydroxylation is 1. The molecule has 0 fully saturated rings. The molecule has 0 bridgehead atoms. The molecule has 2 aromatic heterocycles. The van der Waals surface area contributed by atoms with Crippen molar-refractivity contribution in [2.75, 3.05) is 21.6 Å². The van der Waals surface area contributed by atoms with Crippen LogP contribution in [-0.2, 0) is 21.2 Å². The van der Waals surface area contributed by atoms with E-state index in [2.05, 4.69) is 35.5 Å². The van der Waals surface area contributed by atoms with Gasteiger partial charge in [-0.3, -0.25) is 14.6 Å². The molecule has 11 heteroatoms. The first-order valence-electron chi connectivity index (χ1n) is 10.3. The van der Waals surface area contributed by atoms with Crippen LogP contribution in [0.2, 0.25) is 0 Å². The van der Waals surface area contributed by atoms with E-state index in [0.29, 0.717) is 40.3 Å². The number of rotatable bonds is 5. The van der Waals surface area contributed by atoms with Gasteiger partial charge >= 0.3 is 0 Å². The molecule has 0 saturated heterocycles. The largest absolute Gasteiger partial charge is 0.338 e. The zero-order valence-electron chi connectivity index (χ0n) is 17.7. The fourth-order valence-electron chi connectivity index (χ4n) is 3.77. The van der Waals surface area contributed by atoms with Crippen molar-refractivity contribution < 1.29 is 13.2 Å². The lowest BCUT2D eigenvalue weighted by atomic mass is 10.1. The van der Waals surface area contributed by atoms with Gasteiger partial charge in [-0.05, 0) is 42.7 Å². The SMILES string of the molecule is CS(=O)(=O)Nc1cccc(-c2nc(Nc3ccc4c(c3)NC(=O)CCC4)c3[nH]ncc3n2)c1. The number of carbonyl (C=O) groups is 1. The minimum Gasteiger partial charge on any atom is -0.338 e. The van der Waals surface area contributed by atoms with Gasteiger partial charge in [-0.15, -0.1) is 0 Å². The van der Waals surface area contributed by atoms with Gasteiger partial charge < -0.3 is 10.6 Å². The highest BCUT2D eigenvalue weighted by atomic mass is 32.2. The third-order valence-corrected chi connectivity index (χ3v) is 5.83. The third kappa shape index (κ3) is 4.62. The van der Waals surface area contributed by atoms with E-state index in [1.807, 2.05) is 18.2 Å². The first kappa shape index (κ1) is 20.9. The second-order valence-electron chi connectivity index (χ2n) is 7.88. The molecule has 0 saturated carbocycles. The first-order valence-corrected chi connectivity index (χ1v) is 12.2. The second kappa shape index (κ2) is 8.17. The Morgan fingerprint density at radius 3 is 2.76 bits per heavy atom. The Labute approximate surface area is 189 Å². The summed E-state index contributed by atoms with van der Waals surface area (Å²) in [6.07, 6.45) is 4.87. The summed E-state index contributed by atoms with van der Waals surface area (Å²) >= 11 is 0. The number of nitrogens with one attached hydrogen (secondary N) is 4. The van der Waals surface area contributed by atoms with Crippen LogP contribution in [0.5, 0.6) is 0 Å². The molecule has 0 aliphatic carbocycles. The summed E-state index contributed by atoms with van der Waals surface area (Å²) < 4.78 is 25.7. The van der Waals surface area contributed by atoms with Crippen LogP contribution in [0.4, 0.5) is 22.9 Å². The van der Waals surface area contributed by atoms with Crippen LogP contribution < -0.4 is 15.4 Å². The Hall–Kier alpha value is -3.99. The average molecular weight is 464 g/mol. The summed E-state index contributed by atoms with van der Waals surface area (Å²) in [5.74, 6) is 0.925. The van der Waals surface area contributed by atoms with Crippen molar-refractivity contribution in [1.29, 1.82) is 0 Å². The molecule has 0 radical (unpaired) electrons. The predicted molar refractivity (Wildman–Crippen MR) is 127 cm³/mol. The van der Waals surface area contributed by atoms with Crippen LogP contribution in [0.3, 0.4) is 0 Å². The fraction of sp³-hybridized carbons (Fsp3) is 0.182. The van der Waals surface area contributed by atoms with E-state index in [1.54, 1.807) is 30.5 Å². The van der Waals surface area contributed by atoms with E-state index in [0.717, 1.165) is 36.0 Å². The molecule has 2 aromatic carbocycles. The topological polar surface area (TPSA) is 142 Å². The maximum Gasteiger partial charge on any atom is 0.229 e. The molecule has 1 amide bonds. The minimum absolute atomic E-state index is 0.00812. The van der Waals surface area contributed by atoms with E-state index < -0.39 is 10.0 Å². The van der Waals surface area contributed by atoms with Gasteiger partial charge in [0.25, 0.3) is 0 Å². The van der Waals surface area contributed by atoms with Gasteiger partial charge in [-0.2, -0.15) is 5.10 Å². The number of hydrogen-bond acceptors (Lipinski definition) is 7. The summed E-state index contributed by atoms with van der Waals surface area (Å²) in [7, 11) is -3.41. The Morgan fingerprint density at radius 1 is 1.03 bits per heavy atom. The number of H-pyrrole nitrogens is 1. The van der Waals surface area contributed by atoms with Crippen molar-refractivity contribution in [3.63, 3.8) is 0 Å². The van der Waals surface area contributed by atoms with E-state index >= 15 is 0 Å². The number of fused-ring (bicyclic) bond motifs is 2. The number of nitrogens with zero attached hydrogens (tertiary/aromatic N) is 3. The lowest BCUT2D eigenvalue weighted by molar-refractivity contribution is -0.116. The molecule has 0 unspecified atom stereocenters. The van der Waals surface area contributed by atoms with Gasteiger partial charge in [-0.1, -0.05) is 18.2 Å². The predicted octanol–water partition coefficient (Wildman–Crippen LogP) is 3.41. The highest BCUT2D eigenvalue weighted by Gasteiger charge is 2.16. The van der Waals surface area contributed by atoms with E-state index in [4.69, 9.17) is 0 Å². The maximum absolute atomic E-state index is 12.0. The number of aromatic nitrogens is 4. The first-order chi connectivity index (χ1) is 15.8. The Balaban J connectivity index is 1.52. The van der Waals surface area contributed by atoms with Crippen LogP contribution in [0, 0.1) is 0 Å². The molecule has 4 N–H and O–H groups in total. The molecule has 3 heterocycles. The van der Waals surface area contributed by atoms with Gasteiger partial charge in [0.2, 0.25) is 15.9 Å². The van der Waals surface area contributed by atoms with Crippen LogP contribution >= 0.6 is 0 Å². The number of hydrogen-bond donors (Lipinski definition) is 4. The van der Waals surface area contributed by atoms with Crippen LogP contribution in [0.15, 0.2) is 48.7 Å². The molecule has 10 nitrogen and oxygen atoms in total. The normalized spacial score (nSPS) is 13.8. The molecule has 33 heavy (non-hydrogen) atoms. The van der Waals surface area contributed by atoms with Gasteiger partial charge in [0.1, 0.15) is 11.0 Å². The van der Waals surface area contributed by atoms with E-state index in [-0.39, 0.29) is 5.91 Å². The second-order valence-corrected chi connectivity index (χ2v) is 9.63. The monoisotopic (exact) mass is 463 g/mol. The van der Waals surface area contributed by atoms with Gasteiger partial charge in [0.15, 0.2) is 11.6 Å². The van der Waals surface area contributed by atoms with Crippen molar-refractivity contribution in [2.24, 2.45) is 0 Å². The molecule has 1 aliphatic heterocycles. The highest BCUT2D eigenvalue weighted by molar-refractivity contribution is 7.92. The number of carbonyl (C=O) groups excluding carboxylic acids is 1. The summed E-state index contributed by atoms with van der Waals surface area (Å²) in [5.41, 5.74) is 4.93. The molecule has 0 atom stereocenters. The zero-order chi connectivity index (χ0) is 23.0. The van der Waals surface area contributed by atoms with Gasteiger partial charge in [0.05, 0.1) is 12.5 Å². The quantitative estimate of drug-likeness (QED) is 0.355. The Bertz CT molecular complexity index is 1480. The lowest BCUT2D eigenvalue weighted by Gasteiger charge is -2.12. The van der Waals surface area contributed by atoms with Crippen molar-refractivity contribution in [3.8, 4) is 11.4 Å². The van der Waals surface area contributed by atoms with Crippen LogP contribution in [-0.4, -0.2) is 40.7 Å². The minimum atomic E-state index is -3.41. The maximum atomic E-state index is 12.0. The molecular formula is C22H21N7O3S. The molecule has 1 aliphatic rings. The molecule has 168 valence electrons. The van der Waals surface area contributed by atoms with Crippen molar-refractivity contribution >= 4 is 49.8 Å². The van der Waals surface area contributed by atoms with Gasteiger partial charge in [-0.25, -0.2) is 18.4 Å². The standard InChI is InChI=1S/C22H21N7O3S/c1-33(31,32)29-16-6-2-5-14(10-16)21-26-18-12-23-28-20(18)22(27-21)24-15-9-8-13-4-3-7-19(30)25-17(13)11-15/h2,5-6,8-12,29H,3-4,7H2,1H3,(H,23,28)(H,25,30)(H,24,26,27). The third-order valence-electron chi connectivity index (χ3n) is 5.22. The summed E-state index contributed by atoms with van der Waals surface area (Å²) in [6.45, 7) is 0. The Kier molecular flexibility index (Phi) is 5.17. The molecular weight excluding hydrogens is 442 g/mol. The van der Waals surface area contributed by atoms with Crippen LogP contribution in [0.25, 0.3) is 22.4 Å². The number of sulfonamides is 1. The van der Waals surface area contributed by atoms with Crippen molar-refractivity contribution in [3.05, 3.63) is 54.2 Å². The summed E-state index contributed by atoms with van der Waals surface area (Å²) in [6, 6.07) is 12.7. The fourth-order valence-corrected chi connectivity index (χ4v) is 4.33. The average Bonchev–Trinajstić information content (AvgIpc) is 3.15. The Morgan fingerprint density at radius 2 is 1.91 bits per heavy atom.